The number of carboxylic acid groups (broad SMARTS) is 1. The summed E-state index contributed by atoms with van der Waals surface area (Å²) in [6.07, 6.45) is -0.205. The summed E-state index contributed by atoms with van der Waals surface area (Å²) in [5.74, 6) is -1.02. The predicted octanol–water partition coefficient (Wildman–Crippen LogP) is 2.91. The predicted molar refractivity (Wildman–Crippen MR) is 88.6 cm³/mol. The van der Waals surface area contributed by atoms with Gasteiger partial charge in [0.15, 0.2) is 0 Å². The van der Waals surface area contributed by atoms with Crippen LogP contribution in [-0.2, 0) is 20.9 Å². The number of carboxylic acids is 1. The van der Waals surface area contributed by atoms with Crippen molar-refractivity contribution in [3.05, 3.63) is 35.9 Å². The molecule has 24 heavy (non-hydrogen) atoms. The molecule has 0 radical (unpaired) electrons. The van der Waals surface area contributed by atoms with Crippen LogP contribution in [0.1, 0.15) is 32.8 Å². The Morgan fingerprint density at radius 2 is 1.92 bits per heavy atom. The smallest absolute Gasteiger partial charge is 0.411 e. The van der Waals surface area contributed by atoms with Crippen molar-refractivity contribution in [3.8, 4) is 0 Å². The van der Waals surface area contributed by atoms with E-state index in [1.807, 2.05) is 30.3 Å². The molecule has 1 unspecified atom stereocenters. The van der Waals surface area contributed by atoms with Crippen LogP contribution in [0.4, 0.5) is 4.79 Å². The van der Waals surface area contributed by atoms with E-state index in [4.69, 9.17) is 9.47 Å². The quantitative estimate of drug-likeness (QED) is 0.895. The number of nitrogens with zero attached hydrogens (tertiary/aromatic N) is 1. The molecule has 2 atom stereocenters. The molecule has 0 aromatic heterocycles. The molecule has 1 heterocycles. The fraction of sp³-hybridized carbons (Fsp3) is 0.556. The molecule has 1 N–H and O–H groups in total. The Balaban J connectivity index is 1.89. The summed E-state index contributed by atoms with van der Waals surface area (Å²) < 4.78 is 11.0. The Kier molecular flexibility index (Phi) is 5.83. The first kappa shape index (κ1) is 18.3. The number of benzene rings is 1. The highest BCUT2D eigenvalue weighted by atomic mass is 16.6. The average Bonchev–Trinajstić information content (AvgIpc) is 2.91. The van der Waals surface area contributed by atoms with Crippen LogP contribution in [0, 0.1) is 5.92 Å². The van der Waals surface area contributed by atoms with Crippen LogP contribution in [0.3, 0.4) is 0 Å². The molecule has 2 rings (SSSR count). The van der Waals surface area contributed by atoms with Crippen molar-refractivity contribution >= 4 is 12.1 Å². The number of ether oxygens (including phenoxy) is 2. The molecule has 0 aliphatic carbocycles. The van der Waals surface area contributed by atoms with E-state index < -0.39 is 23.7 Å². The molecule has 1 aliphatic rings. The van der Waals surface area contributed by atoms with Crippen molar-refractivity contribution in [2.75, 3.05) is 13.2 Å². The first-order chi connectivity index (χ1) is 11.3. The highest BCUT2D eigenvalue weighted by Crippen LogP contribution is 2.26. The zero-order valence-corrected chi connectivity index (χ0v) is 14.4. The summed E-state index contributed by atoms with van der Waals surface area (Å²) in [6.45, 7) is 6.51. The summed E-state index contributed by atoms with van der Waals surface area (Å²) in [7, 11) is 0. The van der Waals surface area contributed by atoms with Crippen molar-refractivity contribution in [2.24, 2.45) is 5.92 Å². The minimum Gasteiger partial charge on any atom is -0.480 e. The summed E-state index contributed by atoms with van der Waals surface area (Å²) in [4.78, 5) is 24.9. The Bertz CT molecular complexity index is 567. The van der Waals surface area contributed by atoms with Gasteiger partial charge >= 0.3 is 12.1 Å². The van der Waals surface area contributed by atoms with Crippen molar-refractivity contribution in [3.63, 3.8) is 0 Å². The minimum absolute atomic E-state index is 0.0117. The molecule has 1 aromatic carbocycles. The number of rotatable bonds is 5. The van der Waals surface area contributed by atoms with E-state index >= 15 is 0 Å². The zero-order chi connectivity index (χ0) is 17.7. The van der Waals surface area contributed by atoms with E-state index in [9.17, 15) is 14.7 Å². The maximum atomic E-state index is 12.2. The lowest BCUT2D eigenvalue weighted by Gasteiger charge is -2.26. The van der Waals surface area contributed by atoms with Crippen molar-refractivity contribution < 1.29 is 24.2 Å². The van der Waals surface area contributed by atoms with Gasteiger partial charge in [-0.3, -0.25) is 4.90 Å². The largest absolute Gasteiger partial charge is 0.480 e. The number of likely N-dealkylation sites (tertiary alicyclic amines) is 1. The molecular weight excluding hydrogens is 310 g/mol. The molecule has 1 aliphatic heterocycles. The molecular formula is C18H25NO5. The monoisotopic (exact) mass is 335 g/mol. The maximum Gasteiger partial charge on any atom is 0.411 e. The van der Waals surface area contributed by atoms with E-state index in [-0.39, 0.29) is 5.92 Å². The van der Waals surface area contributed by atoms with Crippen LogP contribution in [0.2, 0.25) is 0 Å². The molecule has 0 spiro atoms. The van der Waals surface area contributed by atoms with Gasteiger partial charge in [0.05, 0.1) is 13.2 Å². The normalized spacial score (nSPS) is 20.9. The Hall–Kier alpha value is -2.08. The van der Waals surface area contributed by atoms with Gasteiger partial charge in [-0.25, -0.2) is 9.59 Å². The van der Waals surface area contributed by atoms with Crippen molar-refractivity contribution in [2.45, 2.75) is 45.4 Å². The van der Waals surface area contributed by atoms with Gasteiger partial charge in [-0.2, -0.15) is 0 Å². The maximum absolute atomic E-state index is 12.2. The Morgan fingerprint density at radius 3 is 2.50 bits per heavy atom. The fourth-order valence-electron chi connectivity index (χ4n) is 2.72. The third kappa shape index (κ3) is 5.23. The molecule has 1 amide bonds. The lowest BCUT2D eigenvalue weighted by Crippen LogP contribution is -2.43. The molecule has 0 saturated carbocycles. The van der Waals surface area contributed by atoms with Gasteiger partial charge in [-0.05, 0) is 32.8 Å². The third-order valence-electron chi connectivity index (χ3n) is 3.77. The van der Waals surface area contributed by atoms with Crippen molar-refractivity contribution in [1.29, 1.82) is 0 Å². The number of amides is 1. The number of carbonyl (C=O) groups is 2. The highest BCUT2D eigenvalue weighted by Gasteiger charge is 2.41. The Labute approximate surface area is 142 Å². The molecule has 1 fully saturated rings. The van der Waals surface area contributed by atoms with E-state index in [1.54, 1.807) is 20.8 Å². The average molecular weight is 335 g/mol. The van der Waals surface area contributed by atoms with E-state index in [0.29, 0.717) is 26.2 Å². The zero-order valence-electron chi connectivity index (χ0n) is 14.4. The second-order valence-electron chi connectivity index (χ2n) is 7.09. The molecule has 1 aromatic rings. The van der Waals surface area contributed by atoms with Crippen LogP contribution in [0.5, 0.6) is 0 Å². The minimum atomic E-state index is -1.01. The van der Waals surface area contributed by atoms with E-state index in [2.05, 4.69) is 0 Å². The summed E-state index contributed by atoms with van der Waals surface area (Å²) in [5.41, 5.74) is 0.413. The summed E-state index contributed by atoms with van der Waals surface area (Å²) in [6, 6.07) is 8.92. The molecule has 6 nitrogen and oxygen atoms in total. The topological polar surface area (TPSA) is 76.1 Å². The second kappa shape index (κ2) is 7.66. The van der Waals surface area contributed by atoms with Gasteiger partial charge in [0, 0.05) is 12.5 Å². The van der Waals surface area contributed by atoms with Gasteiger partial charge in [0.1, 0.15) is 11.6 Å². The van der Waals surface area contributed by atoms with Crippen LogP contribution in [0.15, 0.2) is 30.3 Å². The van der Waals surface area contributed by atoms with Gasteiger partial charge in [0.25, 0.3) is 0 Å². The first-order valence-corrected chi connectivity index (χ1v) is 8.10. The van der Waals surface area contributed by atoms with Crippen LogP contribution in [0.25, 0.3) is 0 Å². The van der Waals surface area contributed by atoms with Gasteiger partial charge in [-0.15, -0.1) is 0 Å². The third-order valence-corrected chi connectivity index (χ3v) is 3.77. The summed E-state index contributed by atoms with van der Waals surface area (Å²) in [5, 5.41) is 9.36. The van der Waals surface area contributed by atoms with E-state index in [0.717, 1.165) is 5.56 Å². The van der Waals surface area contributed by atoms with Gasteiger partial charge in [0.2, 0.25) is 0 Å². The lowest BCUT2D eigenvalue weighted by atomic mass is 10.1. The van der Waals surface area contributed by atoms with Crippen molar-refractivity contribution in [1.82, 2.24) is 4.90 Å². The van der Waals surface area contributed by atoms with E-state index in [1.165, 1.54) is 4.90 Å². The molecule has 0 bridgehead atoms. The Morgan fingerprint density at radius 1 is 1.25 bits per heavy atom. The molecule has 1 saturated heterocycles. The molecule has 132 valence electrons. The molecule has 6 heteroatoms. The fourth-order valence-corrected chi connectivity index (χ4v) is 2.72. The highest BCUT2D eigenvalue weighted by molar-refractivity contribution is 5.81. The van der Waals surface area contributed by atoms with Gasteiger partial charge < -0.3 is 14.6 Å². The van der Waals surface area contributed by atoms with Gasteiger partial charge in [-0.1, -0.05) is 30.3 Å². The van der Waals surface area contributed by atoms with Crippen LogP contribution >= 0.6 is 0 Å². The SMILES string of the molecule is CC(C)(C)OC(=O)N1CC(COCc2ccccc2)C[C@H]1C(=O)O. The first-order valence-electron chi connectivity index (χ1n) is 8.10. The summed E-state index contributed by atoms with van der Waals surface area (Å²) >= 11 is 0. The number of hydrogen-bond donors (Lipinski definition) is 1. The number of carbonyl (C=O) groups excluding carboxylic acids is 1. The second-order valence-corrected chi connectivity index (χ2v) is 7.09. The van der Waals surface area contributed by atoms with Crippen LogP contribution < -0.4 is 0 Å². The van der Waals surface area contributed by atoms with Crippen LogP contribution in [-0.4, -0.2) is 46.9 Å². The standard InChI is InChI=1S/C18H25NO5/c1-18(2,3)24-17(22)19-10-14(9-15(19)16(20)21)12-23-11-13-7-5-4-6-8-13/h4-8,14-15H,9-12H2,1-3H3,(H,20,21)/t14?,15-/m0/s1. The number of aliphatic carboxylic acids is 1. The lowest BCUT2D eigenvalue weighted by molar-refractivity contribution is -0.142. The number of hydrogen-bond acceptors (Lipinski definition) is 4.